The van der Waals surface area contributed by atoms with E-state index in [-0.39, 0.29) is 0 Å². The van der Waals surface area contributed by atoms with Gasteiger partial charge < -0.3 is 10.6 Å². The largest absolute Gasteiger partial charge is 0.342 e. The highest BCUT2D eigenvalue weighted by atomic mass is 16.2. The SMILES string of the molecule is NCC1CN(C(=O)C2CCCCCCC2)C1. The molecule has 0 aromatic carbocycles. The van der Waals surface area contributed by atoms with Crippen LogP contribution in [0.3, 0.4) is 0 Å². The summed E-state index contributed by atoms with van der Waals surface area (Å²) >= 11 is 0. The van der Waals surface area contributed by atoms with Crippen LogP contribution in [0.15, 0.2) is 0 Å². The zero-order valence-corrected chi connectivity index (χ0v) is 10.2. The van der Waals surface area contributed by atoms with Crippen molar-refractivity contribution in [3.05, 3.63) is 0 Å². The first-order valence-electron chi connectivity index (χ1n) is 6.80. The first-order chi connectivity index (χ1) is 7.81. The molecule has 0 aromatic heterocycles. The molecule has 2 aliphatic rings. The van der Waals surface area contributed by atoms with E-state index in [4.69, 9.17) is 5.73 Å². The molecule has 0 radical (unpaired) electrons. The number of carbonyl (C=O) groups excluding carboxylic acids is 1. The molecule has 0 aromatic rings. The van der Waals surface area contributed by atoms with Crippen LogP contribution in [0, 0.1) is 11.8 Å². The van der Waals surface area contributed by atoms with Crippen molar-refractivity contribution in [2.24, 2.45) is 17.6 Å². The van der Waals surface area contributed by atoms with Crippen molar-refractivity contribution in [2.75, 3.05) is 19.6 Å². The number of nitrogens with zero attached hydrogens (tertiary/aromatic N) is 1. The molecule has 0 unspecified atom stereocenters. The normalized spacial score (nSPS) is 24.7. The van der Waals surface area contributed by atoms with Crippen LogP contribution in [0.4, 0.5) is 0 Å². The smallest absolute Gasteiger partial charge is 0.225 e. The minimum atomic E-state index is 0.319. The minimum absolute atomic E-state index is 0.319. The van der Waals surface area contributed by atoms with Gasteiger partial charge in [-0.05, 0) is 19.4 Å². The van der Waals surface area contributed by atoms with E-state index in [2.05, 4.69) is 0 Å². The summed E-state index contributed by atoms with van der Waals surface area (Å²) in [5.41, 5.74) is 5.58. The topological polar surface area (TPSA) is 46.3 Å². The van der Waals surface area contributed by atoms with Crippen molar-refractivity contribution in [1.82, 2.24) is 4.90 Å². The summed E-state index contributed by atoms with van der Waals surface area (Å²) in [7, 11) is 0. The quantitative estimate of drug-likeness (QED) is 0.777. The molecule has 2 fully saturated rings. The number of hydrogen-bond donors (Lipinski definition) is 1. The molecule has 92 valence electrons. The van der Waals surface area contributed by atoms with Crippen molar-refractivity contribution in [3.63, 3.8) is 0 Å². The van der Waals surface area contributed by atoms with E-state index in [1.54, 1.807) is 0 Å². The molecule has 0 bridgehead atoms. The van der Waals surface area contributed by atoms with Crippen LogP contribution in [0.1, 0.15) is 44.9 Å². The Kier molecular flexibility index (Phi) is 4.22. The molecular weight excluding hydrogens is 200 g/mol. The number of amides is 1. The molecule has 1 saturated heterocycles. The predicted molar refractivity (Wildman–Crippen MR) is 64.9 cm³/mol. The number of rotatable bonds is 2. The fourth-order valence-electron chi connectivity index (χ4n) is 2.86. The second-order valence-electron chi connectivity index (χ2n) is 5.39. The third-order valence-corrected chi connectivity index (χ3v) is 4.06. The van der Waals surface area contributed by atoms with Gasteiger partial charge in [0.05, 0.1) is 0 Å². The monoisotopic (exact) mass is 224 g/mol. The summed E-state index contributed by atoms with van der Waals surface area (Å²) in [5.74, 6) is 1.29. The Morgan fingerprint density at radius 3 is 2.19 bits per heavy atom. The highest BCUT2D eigenvalue weighted by Gasteiger charge is 2.33. The fourth-order valence-corrected chi connectivity index (χ4v) is 2.86. The number of hydrogen-bond acceptors (Lipinski definition) is 2. The second-order valence-corrected chi connectivity index (χ2v) is 5.39. The second kappa shape index (κ2) is 5.67. The number of carbonyl (C=O) groups is 1. The van der Waals surface area contributed by atoms with Crippen LogP contribution in [0.25, 0.3) is 0 Å². The van der Waals surface area contributed by atoms with E-state index in [1.807, 2.05) is 4.90 Å². The summed E-state index contributed by atoms with van der Waals surface area (Å²) in [6.45, 7) is 2.55. The predicted octanol–water partition coefficient (Wildman–Crippen LogP) is 1.76. The van der Waals surface area contributed by atoms with Crippen LogP contribution in [-0.4, -0.2) is 30.4 Å². The van der Waals surface area contributed by atoms with E-state index in [0.29, 0.717) is 17.7 Å². The van der Waals surface area contributed by atoms with Crippen molar-refractivity contribution in [3.8, 4) is 0 Å². The Morgan fingerprint density at radius 2 is 1.62 bits per heavy atom. The lowest BCUT2D eigenvalue weighted by molar-refractivity contribution is -0.142. The van der Waals surface area contributed by atoms with Crippen LogP contribution in [0.2, 0.25) is 0 Å². The maximum atomic E-state index is 12.2. The van der Waals surface area contributed by atoms with Gasteiger partial charge in [-0.15, -0.1) is 0 Å². The van der Waals surface area contributed by atoms with Gasteiger partial charge in [0.1, 0.15) is 0 Å². The maximum Gasteiger partial charge on any atom is 0.225 e. The van der Waals surface area contributed by atoms with E-state index >= 15 is 0 Å². The number of nitrogens with two attached hydrogens (primary N) is 1. The molecule has 3 heteroatoms. The van der Waals surface area contributed by atoms with E-state index in [1.165, 1.54) is 32.1 Å². The zero-order chi connectivity index (χ0) is 11.4. The Labute approximate surface area is 98.4 Å². The molecule has 1 heterocycles. The van der Waals surface area contributed by atoms with Crippen LogP contribution in [-0.2, 0) is 4.79 Å². The highest BCUT2D eigenvalue weighted by Crippen LogP contribution is 2.26. The van der Waals surface area contributed by atoms with Crippen LogP contribution in [0.5, 0.6) is 0 Å². The molecule has 2 rings (SSSR count). The zero-order valence-electron chi connectivity index (χ0n) is 10.2. The Morgan fingerprint density at radius 1 is 1.06 bits per heavy atom. The Hall–Kier alpha value is -0.570. The molecule has 0 atom stereocenters. The molecule has 16 heavy (non-hydrogen) atoms. The minimum Gasteiger partial charge on any atom is -0.342 e. The summed E-state index contributed by atoms with van der Waals surface area (Å²) in [6, 6.07) is 0. The van der Waals surface area contributed by atoms with Crippen LogP contribution < -0.4 is 5.73 Å². The molecule has 1 aliphatic carbocycles. The third kappa shape index (κ3) is 2.76. The Balaban J connectivity index is 1.79. The lowest BCUT2D eigenvalue weighted by atomic mass is 9.88. The van der Waals surface area contributed by atoms with Crippen molar-refractivity contribution in [1.29, 1.82) is 0 Å². The van der Waals surface area contributed by atoms with Gasteiger partial charge in [-0.3, -0.25) is 4.79 Å². The summed E-state index contributed by atoms with van der Waals surface area (Å²) < 4.78 is 0. The molecule has 1 saturated carbocycles. The summed E-state index contributed by atoms with van der Waals surface area (Å²) in [6.07, 6.45) is 8.70. The van der Waals surface area contributed by atoms with Gasteiger partial charge in [0.2, 0.25) is 5.91 Å². The fraction of sp³-hybridized carbons (Fsp3) is 0.923. The molecule has 1 aliphatic heterocycles. The van der Waals surface area contributed by atoms with E-state index < -0.39 is 0 Å². The van der Waals surface area contributed by atoms with Gasteiger partial charge >= 0.3 is 0 Å². The van der Waals surface area contributed by atoms with Gasteiger partial charge in [-0.25, -0.2) is 0 Å². The molecule has 1 amide bonds. The lowest BCUT2D eigenvalue weighted by Crippen LogP contribution is -2.54. The molecule has 0 spiro atoms. The van der Waals surface area contributed by atoms with Crippen molar-refractivity contribution < 1.29 is 4.79 Å². The average Bonchev–Trinajstić information content (AvgIpc) is 2.15. The van der Waals surface area contributed by atoms with Gasteiger partial charge in [-0.2, -0.15) is 0 Å². The van der Waals surface area contributed by atoms with Gasteiger partial charge in [-0.1, -0.05) is 32.1 Å². The van der Waals surface area contributed by atoms with E-state index in [9.17, 15) is 4.79 Å². The number of likely N-dealkylation sites (tertiary alicyclic amines) is 1. The van der Waals surface area contributed by atoms with Crippen LogP contribution >= 0.6 is 0 Å². The van der Waals surface area contributed by atoms with Gasteiger partial charge in [0.15, 0.2) is 0 Å². The van der Waals surface area contributed by atoms with E-state index in [0.717, 1.165) is 32.5 Å². The van der Waals surface area contributed by atoms with Crippen molar-refractivity contribution in [2.45, 2.75) is 44.9 Å². The first-order valence-corrected chi connectivity index (χ1v) is 6.80. The van der Waals surface area contributed by atoms with Gasteiger partial charge in [0.25, 0.3) is 0 Å². The standard InChI is InChI=1S/C13H24N2O/c14-8-11-9-15(10-11)13(16)12-6-4-2-1-3-5-7-12/h11-12H,1-10,14H2. The highest BCUT2D eigenvalue weighted by molar-refractivity contribution is 5.79. The molecule has 2 N–H and O–H groups in total. The van der Waals surface area contributed by atoms with Gasteiger partial charge in [0, 0.05) is 24.9 Å². The van der Waals surface area contributed by atoms with Crippen molar-refractivity contribution >= 4 is 5.91 Å². The summed E-state index contributed by atoms with van der Waals surface area (Å²) in [4.78, 5) is 14.2. The first kappa shape index (κ1) is 11.9. The third-order valence-electron chi connectivity index (χ3n) is 4.06. The summed E-state index contributed by atoms with van der Waals surface area (Å²) in [5, 5.41) is 0. The molecule has 3 nitrogen and oxygen atoms in total. The average molecular weight is 224 g/mol. The Bertz CT molecular complexity index is 228. The molecular formula is C13H24N2O. The maximum absolute atomic E-state index is 12.2. The lowest BCUT2D eigenvalue weighted by Gasteiger charge is -2.40.